The molecule has 0 aliphatic carbocycles. The first-order chi connectivity index (χ1) is 9.43. The van der Waals surface area contributed by atoms with Gasteiger partial charge in [-0.2, -0.15) is 11.3 Å². The summed E-state index contributed by atoms with van der Waals surface area (Å²) >= 11 is 1.76. The molecule has 0 saturated heterocycles. The molecule has 0 saturated carbocycles. The van der Waals surface area contributed by atoms with E-state index in [9.17, 15) is 0 Å². The molecule has 0 amide bonds. The van der Waals surface area contributed by atoms with Crippen LogP contribution in [-0.4, -0.2) is 11.5 Å². The number of benzene rings is 1. The molecule has 3 aromatic rings. The van der Waals surface area contributed by atoms with E-state index in [1.165, 1.54) is 28.5 Å². The second kappa shape index (κ2) is 6.04. The van der Waals surface area contributed by atoms with Crippen molar-refractivity contribution >= 4 is 22.2 Å². The predicted molar refractivity (Wildman–Crippen MR) is 82.6 cm³/mol. The highest BCUT2D eigenvalue weighted by atomic mass is 32.1. The van der Waals surface area contributed by atoms with Crippen LogP contribution in [0.4, 0.5) is 0 Å². The SMILES string of the molecule is c1ccc2c(CCCNCc3ccsc3)c[nH]c2c1. The topological polar surface area (TPSA) is 27.8 Å². The number of thiophene rings is 1. The molecule has 0 bridgehead atoms. The van der Waals surface area contributed by atoms with Crippen molar-refractivity contribution in [2.24, 2.45) is 0 Å². The van der Waals surface area contributed by atoms with Crippen molar-refractivity contribution in [1.82, 2.24) is 10.3 Å². The first kappa shape index (κ1) is 12.5. The molecule has 0 unspecified atom stereocenters. The number of rotatable bonds is 6. The molecule has 2 nitrogen and oxygen atoms in total. The van der Waals surface area contributed by atoms with Crippen molar-refractivity contribution in [1.29, 1.82) is 0 Å². The highest BCUT2D eigenvalue weighted by Crippen LogP contribution is 2.18. The van der Waals surface area contributed by atoms with Crippen molar-refractivity contribution in [3.05, 3.63) is 58.4 Å². The van der Waals surface area contributed by atoms with Crippen LogP contribution in [0.25, 0.3) is 10.9 Å². The molecular weight excluding hydrogens is 252 g/mol. The molecule has 2 N–H and O–H groups in total. The summed E-state index contributed by atoms with van der Waals surface area (Å²) in [6.07, 6.45) is 4.44. The maximum Gasteiger partial charge on any atom is 0.0456 e. The summed E-state index contributed by atoms with van der Waals surface area (Å²) in [6.45, 7) is 2.05. The lowest BCUT2D eigenvalue weighted by Crippen LogP contribution is -2.14. The van der Waals surface area contributed by atoms with Crippen molar-refractivity contribution in [3.8, 4) is 0 Å². The maximum atomic E-state index is 3.49. The summed E-state index contributed by atoms with van der Waals surface area (Å²) < 4.78 is 0. The number of hydrogen-bond acceptors (Lipinski definition) is 2. The molecule has 0 fully saturated rings. The van der Waals surface area contributed by atoms with Crippen molar-refractivity contribution in [3.63, 3.8) is 0 Å². The second-order valence-corrected chi connectivity index (χ2v) is 5.55. The van der Waals surface area contributed by atoms with Gasteiger partial charge in [-0.25, -0.2) is 0 Å². The molecule has 3 heteroatoms. The third kappa shape index (κ3) is 3.06. The Labute approximate surface area is 117 Å². The van der Waals surface area contributed by atoms with Crippen LogP contribution < -0.4 is 5.32 Å². The molecule has 1 aromatic carbocycles. The summed E-state index contributed by atoms with van der Waals surface area (Å²) in [7, 11) is 0. The number of hydrogen-bond donors (Lipinski definition) is 2. The van der Waals surface area contributed by atoms with E-state index in [2.05, 4.69) is 57.6 Å². The molecule has 19 heavy (non-hydrogen) atoms. The molecule has 3 rings (SSSR count). The van der Waals surface area contributed by atoms with E-state index in [-0.39, 0.29) is 0 Å². The maximum absolute atomic E-state index is 3.49. The van der Waals surface area contributed by atoms with Gasteiger partial charge in [0.15, 0.2) is 0 Å². The van der Waals surface area contributed by atoms with Gasteiger partial charge in [0, 0.05) is 23.6 Å². The lowest BCUT2D eigenvalue weighted by Gasteiger charge is -2.03. The highest BCUT2D eigenvalue weighted by molar-refractivity contribution is 7.07. The Bertz CT molecular complexity index is 625. The third-order valence-electron chi connectivity index (χ3n) is 3.38. The molecule has 98 valence electrons. The first-order valence-electron chi connectivity index (χ1n) is 6.70. The Balaban J connectivity index is 1.47. The van der Waals surface area contributed by atoms with Crippen LogP contribution in [0, 0.1) is 0 Å². The Hall–Kier alpha value is -1.58. The normalized spacial score (nSPS) is 11.2. The van der Waals surface area contributed by atoms with Gasteiger partial charge in [-0.05, 0) is 53.4 Å². The molecule has 0 radical (unpaired) electrons. The van der Waals surface area contributed by atoms with E-state index < -0.39 is 0 Å². The molecule has 0 aliphatic rings. The number of para-hydroxylation sites is 1. The smallest absolute Gasteiger partial charge is 0.0456 e. The molecule has 2 aromatic heterocycles. The zero-order valence-corrected chi connectivity index (χ0v) is 11.7. The lowest BCUT2D eigenvalue weighted by molar-refractivity contribution is 0.651. The van der Waals surface area contributed by atoms with Gasteiger partial charge in [-0.3, -0.25) is 0 Å². The molecular formula is C16H18N2S. The Morgan fingerprint density at radius 3 is 3.00 bits per heavy atom. The monoisotopic (exact) mass is 270 g/mol. The first-order valence-corrected chi connectivity index (χ1v) is 7.64. The van der Waals surface area contributed by atoms with Gasteiger partial charge in [-0.1, -0.05) is 18.2 Å². The number of nitrogens with one attached hydrogen (secondary N) is 2. The van der Waals surface area contributed by atoms with Gasteiger partial charge in [0.05, 0.1) is 0 Å². The van der Waals surface area contributed by atoms with E-state index in [0.717, 1.165) is 19.5 Å². The minimum Gasteiger partial charge on any atom is -0.361 e. The number of fused-ring (bicyclic) bond motifs is 1. The Morgan fingerprint density at radius 2 is 2.11 bits per heavy atom. The summed E-state index contributed by atoms with van der Waals surface area (Å²) in [5, 5.41) is 9.19. The Kier molecular flexibility index (Phi) is 3.96. The quantitative estimate of drug-likeness (QED) is 0.652. The van der Waals surface area contributed by atoms with E-state index in [1.54, 1.807) is 11.3 Å². The van der Waals surface area contributed by atoms with E-state index in [1.807, 2.05) is 0 Å². The van der Waals surface area contributed by atoms with Crippen molar-refractivity contribution in [2.75, 3.05) is 6.54 Å². The average molecular weight is 270 g/mol. The molecule has 0 aliphatic heterocycles. The van der Waals surface area contributed by atoms with Crippen LogP contribution in [-0.2, 0) is 13.0 Å². The standard InChI is InChI=1S/C16H18N2S/c1-2-6-16-15(5-1)14(11-18-16)4-3-8-17-10-13-7-9-19-12-13/h1-2,5-7,9,11-12,17-18H,3-4,8,10H2. The van der Waals surface area contributed by atoms with Gasteiger partial charge in [0.1, 0.15) is 0 Å². The number of aromatic nitrogens is 1. The lowest BCUT2D eigenvalue weighted by atomic mass is 10.1. The summed E-state index contributed by atoms with van der Waals surface area (Å²) in [6, 6.07) is 10.7. The van der Waals surface area contributed by atoms with Crippen LogP contribution >= 0.6 is 11.3 Å². The summed E-state index contributed by atoms with van der Waals surface area (Å²) in [5.74, 6) is 0. The van der Waals surface area contributed by atoms with Gasteiger partial charge >= 0.3 is 0 Å². The van der Waals surface area contributed by atoms with Crippen LogP contribution in [0.1, 0.15) is 17.5 Å². The molecule has 0 atom stereocenters. The van der Waals surface area contributed by atoms with E-state index in [0.29, 0.717) is 0 Å². The Morgan fingerprint density at radius 1 is 1.16 bits per heavy atom. The number of aromatic amines is 1. The largest absolute Gasteiger partial charge is 0.361 e. The zero-order valence-electron chi connectivity index (χ0n) is 10.9. The molecule has 2 heterocycles. The van der Waals surface area contributed by atoms with Crippen molar-refractivity contribution in [2.45, 2.75) is 19.4 Å². The van der Waals surface area contributed by atoms with Crippen molar-refractivity contribution < 1.29 is 0 Å². The van der Waals surface area contributed by atoms with Gasteiger partial charge in [-0.15, -0.1) is 0 Å². The van der Waals surface area contributed by atoms with Gasteiger partial charge < -0.3 is 10.3 Å². The van der Waals surface area contributed by atoms with Gasteiger partial charge in [0.2, 0.25) is 0 Å². The van der Waals surface area contributed by atoms with Gasteiger partial charge in [0.25, 0.3) is 0 Å². The van der Waals surface area contributed by atoms with Crippen LogP contribution in [0.5, 0.6) is 0 Å². The molecule has 0 spiro atoms. The zero-order chi connectivity index (χ0) is 12.9. The fourth-order valence-corrected chi connectivity index (χ4v) is 3.04. The summed E-state index contributed by atoms with van der Waals surface area (Å²) in [4.78, 5) is 3.33. The van der Waals surface area contributed by atoms with E-state index in [4.69, 9.17) is 0 Å². The second-order valence-electron chi connectivity index (χ2n) is 4.77. The van der Waals surface area contributed by atoms with Crippen LogP contribution in [0.15, 0.2) is 47.3 Å². The minimum atomic E-state index is 0.984. The third-order valence-corrected chi connectivity index (χ3v) is 4.12. The fourth-order valence-electron chi connectivity index (χ4n) is 2.37. The minimum absolute atomic E-state index is 0.984. The number of H-pyrrole nitrogens is 1. The van der Waals surface area contributed by atoms with Crippen LogP contribution in [0.3, 0.4) is 0 Å². The van der Waals surface area contributed by atoms with E-state index >= 15 is 0 Å². The number of aryl methyl sites for hydroxylation is 1. The predicted octanol–water partition coefficient (Wildman–Crippen LogP) is 3.95. The highest BCUT2D eigenvalue weighted by Gasteiger charge is 2.02. The van der Waals surface area contributed by atoms with Crippen LogP contribution in [0.2, 0.25) is 0 Å². The average Bonchev–Trinajstić information content (AvgIpc) is 3.08. The fraction of sp³-hybridized carbons (Fsp3) is 0.250. The summed E-state index contributed by atoms with van der Waals surface area (Å²) in [5.41, 5.74) is 4.05.